The summed E-state index contributed by atoms with van der Waals surface area (Å²) in [5.41, 5.74) is 4.94. The normalized spacial score (nSPS) is 12.4. The molecule has 7 nitrogen and oxygen atoms in total. The van der Waals surface area contributed by atoms with E-state index in [1.165, 1.54) is 6.07 Å². The third-order valence-electron chi connectivity index (χ3n) is 1.76. The third kappa shape index (κ3) is 3.87. The van der Waals surface area contributed by atoms with Gasteiger partial charge in [-0.2, -0.15) is 4.98 Å². The van der Waals surface area contributed by atoms with E-state index in [-0.39, 0.29) is 30.6 Å². The first-order valence-corrected chi connectivity index (χ1v) is 4.87. The smallest absolute Gasteiger partial charge is 0.256 e. The predicted octanol–water partition coefficient (Wildman–Crippen LogP) is -0.872. The first-order chi connectivity index (χ1) is 7.65. The average Bonchev–Trinajstić information content (AvgIpc) is 2.23. The Morgan fingerprint density at radius 1 is 1.69 bits per heavy atom. The molecule has 1 unspecified atom stereocenters. The molecule has 0 fully saturated rings. The monoisotopic (exact) mass is 229 g/mol. The fourth-order valence-corrected chi connectivity index (χ4v) is 1.09. The van der Waals surface area contributed by atoms with Crippen molar-refractivity contribution < 1.29 is 14.6 Å². The van der Waals surface area contributed by atoms with E-state index >= 15 is 0 Å². The van der Waals surface area contributed by atoms with Crippen molar-refractivity contribution in [3.05, 3.63) is 16.4 Å². The molecule has 0 aliphatic heterocycles. The van der Waals surface area contributed by atoms with Crippen molar-refractivity contribution in [3.63, 3.8) is 0 Å². The van der Waals surface area contributed by atoms with E-state index in [1.54, 1.807) is 0 Å². The fourth-order valence-electron chi connectivity index (χ4n) is 1.09. The number of aromatic nitrogens is 2. The van der Waals surface area contributed by atoms with Gasteiger partial charge in [-0.25, -0.2) is 0 Å². The second kappa shape index (κ2) is 6.09. The van der Waals surface area contributed by atoms with Gasteiger partial charge in [0.25, 0.3) is 5.56 Å². The molecule has 0 radical (unpaired) electrons. The van der Waals surface area contributed by atoms with Gasteiger partial charge in [0.15, 0.2) is 0 Å². The molecule has 16 heavy (non-hydrogen) atoms. The number of ether oxygens (including phenoxy) is 2. The van der Waals surface area contributed by atoms with E-state index in [4.69, 9.17) is 20.3 Å². The molecule has 1 heterocycles. The summed E-state index contributed by atoms with van der Waals surface area (Å²) in [5, 5.41) is 8.93. The molecule has 0 aromatic carbocycles. The van der Waals surface area contributed by atoms with Crippen LogP contribution in [0, 0.1) is 0 Å². The van der Waals surface area contributed by atoms with Crippen molar-refractivity contribution in [1.29, 1.82) is 0 Å². The third-order valence-corrected chi connectivity index (χ3v) is 1.76. The first-order valence-electron chi connectivity index (χ1n) is 4.87. The number of nitrogens with one attached hydrogen (secondary N) is 1. The minimum Gasteiger partial charge on any atom is -0.475 e. The topological polar surface area (TPSA) is 110 Å². The van der Waals surface area contributed by atoms with Gasteiger partial charge in [-0.05, 0) is 6.92 Å². The van der Waals surface area contributed by atoms with Gasteiger partial charge in [0.05, 0.1) is 12.7 Å². The zero-order valence-electron chi connectivity index (χ0n) is 8.97. The summed E-state index contributed by atoms with van der Waals surface area (Å²) in [6, 6.07) is 1.18. The molecule has 0 amide bonds. The van der Waals surface area contributed by atoms with Crippen molar-refractivity contribution in [2.75, 3.05) is 25.6 Å². The minimum absolute atomic E-state index is 0.0144. The molecular formula is C9H15N3O4. The summed E-state index contributed by atoms with van der Waals surface area (Å²) >= 11 is 0. The van der Waals surface area contributed by atoms with E-state index in [2.05, 4.69) is 9.97 Å². The largest absolute Gasteiger partial charge is 0.475 e. The van der Waals surface area contributed by atoms with Crippen LogP contribution in [0.3, 0.4) is 0 Å². The van der Waals surface area contributed by atoms with Crippen LogP contribution in [0.1, 0.15) is 6.92 Å². The molecule has 0 spiro atoms. The molecule has 0 bridgehead atoms. The van der Waals surface area contributed by atoms with Crippen LogP contribution in [0.25, 0.3) is 0 Å². The number of H-pyrrole nitrogens is 1. The Labute approximate surface area is 92.2 Å². The summed E-state index contributed by atoms with van der Waals surface area (Å²) in [7, 11) is 0. The summed E-state index contributed by atoms with van der Waals surface area (Å²) < 4.78 is 10.3. The number of hydrogen-bond acceptors (Lipinski definition) is 6. The number of aliphatic hydroxyl groups is 1. The highest BCUT2D eigenvalue weighted by atomic mass is 16.5. The van der Waals surface area contributed by atoms with Crippen molar-refractivity contribution in [1.82, 2.24) is 9.97 Å². The standard InChI is InChI=1S/C9H15N3O4/c1-2-15-6(4-13)5-16-8-3-7(14)11-9(10)12-8/h3,6,13H,2,4-5H2,1H3,(H3,10,11,12,14). The number of nitrogens with two attached hydrogens (primary N) is 1. The Hall–Kier alpha value is -1.60. The zero-order valence-corrected chi connectivity index (χ0v) is 8.97. The lowest BCUT2D eigenvalue weighted by molar-refractivity contribution is -0.00854. The molecule has 0 saturated heterocycles. The SMILES string of the molecule is CCOC(CO)COc1cc(=O)[nH]c(N)n1. The highest BCUT2D eigenvalue weighted by molar-refractivity contribution is 5.20. The predicted molar refractivity (Wildman–Crippen MR) is 57.3 cm³/mol. The van der Waals surface area contributed by atoms with Crippen LogP contribution in [0.2, 0.25) is 0 Å². The van der Waals surface area contributed by atoms with Crippen molar-refractivity contribution in [2.45, 2.75) is 13.0 Å². The molecule has 0 aliphatic rings. The van der Waals surface area contributed by atoms with Gasteiger partial charge in [0.2, 0.25) is 11.8 Å². The fraction of sp³-hybridized carbons (Fsp3) is 0.556. The van der Waals surface area contributed by atoms with Gasteiger partial charge in [0, 0.05) is 6.61 Å². The molecule has 0 saturated carbocycles. The molecule has 1 atom stereocenters. The average molecular weight is 229 g/mol. The minimum atomic E-state index is -0.438. The van der Waals surface area contributed by atoms with Crippen LogP contribution in [-0.4, -0.2) is 41.0 Å². The van der Waals surface area contributed by atoms with E-state index < -0.39 is 6.10 Å². The second-order valence-corrected chi connectivity index (χ2v) is 3.04. The van der Waals surface area contributed by atoms with Gasteiger partial charge >= 0.3 is 0 Å². The number of aliphatic hydroxyl groups excluding tert-OH is 1. The van der Waals surface area contributed by atoms with Crippen molar-refractivity contribution in [2.24, 2.45) is 0 Å². The van der Waals surface area contributed by atoms with E-state index in [0.29, 0.717) is 6.61 Å². The highest BCUT2D eigenvalue weighted by Crippen LogP contribution is 2.04. The van der Waals surface area contributed by atoms with Crippen LogP contribution < -0.4 is 16.0 Å². The Morgan fingerprint density at radius 3 is 3.00 bits per heavy atom. The molecule has 90 valence electrons. The molecule has 0 aliphatic carbocycles. The first kappa shape index (κ1) is 12.5. The van der Waals surface area contributed by atoms with Crippen LogP contribution in [0.5, 0.6) is 5.88 Å². The molecule has 1 rings (SSSR count). The molecule has 1 aromatic heterocycles. The Kier molecular flexibility index (Phi) is 4.74. The van der Waals surface area contributed by atoms with E-state index in [9.17, 15) is 4.79 Å². The van der Waals surface area contributed by atoms with Crippen LogP contribution in [0.4, 0.5) is 5.95 Å². The van der Waals surface area contributed by atoms with Crippen molar-refractivity contribution >= 4 is 5.95 Å². The molecule has 1 aromatic rings. The number of nitrogen functional groups attached to an aromatic ring is 1. The van der Waals surface area contributed by atoms with E-state index in [1.807, 2.05) is 6.92 Å². The summed E-state index contributed by atoms with van der Waals surface area (Å²) in [6.45, 7) is 2.23. The number of rotatable bonds is 6. The molecule has 7 heteroatoms. The van der Waals surface area contributed by atoms with Crippen LogP contribution in [0.15, 0.2) is 10.9 Å². The maximum Gasteiger partial charge on any atom is 0.256 e. The number of nitrogens with zero attached hydrogens (tertiary/aromatic N) is 1. The van der Waals surface area contributed by atoms with E-state index in [0.717, 1.165) is 0 Å². The van der Waals surface area contributed by atoms with Crippen LogP contribution >= 0.6 is 0 Å². The number of hydrogen-bond donors (Lipinski definition) is 3. The Bertz CT molecular complexity index is 379. The molecular weight excluding hydrogens is 214 g/mol. The van der Waals surface area contributed by atoms with Gasteiger partial charge in [-0.15, -0.1) is 0 Å². The van der Waals surface area contributed by atoms with Crippen LogP contribution in [-0.2, 0) is 4.74 Å². The summed E-state index contributed by atoms with van der Waals surface area (Å²) in [4.78, 5) is 17.1. The Balaban J connectivity index is 2.56. The van der Waals surface area contributed by atoms with Gasteiger partial charge in [-0.1, -0.05) is 0 Å². The summed E-state index contributed by atoms with van der Waals surface area (Å²) in [6.07, 6.45) is -0.438. The maximum absolute atomic E-state index is 11.0. The quantitative estimate of drug-likeness (QED) is 0.584. The lowest BCUT2D eigenvalue weighted by Crippen LogP contribution is -2.26. The molecule has 4 N–H and O–H groups in total. The zero-order chi connectivity index (χ0) is 12.0. The highest BCUT2D eigenvalue weighted by Gasteiger charge is 2.08. The maximum atomic E-state index is 11.0. The number of aromatic amines is 1. The number of anilines is 1. The second-order valence-electron chi connectivity index (χ2n) is 3.04. The van der Waals surface area contributed by atoms with Gasteiger partial charge < -0.3 is 20.3 Å². The van der Waals surface area contributed by atoms with Gasteiger partial charge in [-0.3, -0.25) is 9.78 Å². The van der Waals surface area contributed by atoms with Gasteiger partial charge in [0.1, 0.15) is 12.7 Å². The summed E-state index contributed by atoms with van der Waals surface area (Å²) in [5.74, 6) is 0.0962. The Morgan fingerprint density at radius 2 is 2.44 bits per heavy atom. The lowest BCUT2D eigenvalue weighted by Gasteiger charge is -2.14. The lowest BCUT2D eigenvalue weighted by atomic mass is 10.4. The van der Waals surface area contributed by atoms with Crippen molar-refractivity contribution in [3.8, 4) is 5.88 Å².